The first-order chi connectivity index (χ1) is 13.0. The quantitative estimate of drug-likeness (QED) is 0.376. The molecule has 140 valence electrons. The van der Waals surface area contributed by atoms with Crippen molar-refractivity contribution in [3.8, 4) is 17.2 Å². The van der Waals surface area contributed by atoms with Crippen LogP contribution in [-0.4, -0.2) is 19.7 Å². The Morgan fingerprint density at radius 1 is 1.07 bits per heavy atom. The van der Waals surface area contributed by atoms with E-state index in [2.05, 4.69) is 0 Å². The van der Waals surface area contributed by atoms with Crippen LogP contribution in [0.1, 0.15) is 18.1 Å². The average molecular weight is 368 g/mol. The highest BCUT2D eigenvalue weighted by molar-refractivity contribution is 5.84. The van der Waals surface area contributed by atoms with Crippen LogP contribution in [-0.2, 0) is 11.2 Å². The zero-order valence-corrected chi connectivity index (χ0v) is 15.4. The van der Waals surface area contributed by atoms with E-state index in [1.54, 1.807) is 24.3 Å². The second kappa shape index (κ2) is 7.95. The number of carbonyl (C=O) groups is 1. The Hall–Kier alpha value is -3.28. The van der Waals surface area contributed by atoms with Crippen LogP contribution in [0.2, 0.25) is 0 Å². The monoisotopic (exact) mass is 368 g/mol. The lowest BCUT2D eigenvalue weighted by Gasteiger charge is -2.12. The van der Waals surface area contributed by atoms with Crippen molar-refractivity contribution < 1.29 is 23.4 Å². The molecular weight excluding hydrogens is 348 g/mol. The minimum atomic E-state index is -0.565. The number of esters is 1. The summed E-state index contributed by atoms with van der Waals surface area (Å²) >= 11 is 0. The van der Waals surface area contributed by atoms with Crippen LogP contribution >= 0.6 is 0 Å². The molecule has 6 heteroatoms. The van der Waals surface area contributed by atoms with E-state index in [0.29, 0.717) is 29.3 Å². The number of rotatable bonds is 6. The topological polar surface area (TPSA) is 75.0 Å². The summed E-state index contributed by atoms with van der Waals surface area (Å²) in [5.74, 6) is 0.771. The number of aryl methyl sites for hydroxylation is 2. The molecule has 0 aliphatic carbocycles. The summed E-state index contributed by atoms with van der Waals surface area (Å²) < 4.78 is 21.4. The van der Waals surface area contributed by atoms with Gasteiger partial charge in [0.1, 0.15) is 11.3 Å². The summed E-state index contributed by atoms with van der Waals surface area (Å²) in [6.07, 6.45) is 0.657. The van der Waals surface area contributed by atoms with E-state index in [1.807, 2.05) is 26.0 Å². The number of methoxy groups -OCH3 is 1. The van der Waals surface area contributed by atoms with Crippen molar-refractivity contribution >= 4 is 16.9 Å². The van der Waals surface area contributed by atoms with Crippen LogP contribution < -0.4 is 19.8 Å². The van der Waals surface area contributed by atoms with Gasteiger partial charge in [-0.25, -0.2) is 9.59 Å². The Morgan fingerprint density at radius 2 is 1.81 bits per heavy atom. The lowest BCUT2D eigenvalue weighted by Crippen LogP contribution is -2.18. The van der Waals surface area contributed by atoms with E-state index in [9.17, 15) is 9.59 Å². The third-order valence-corrected chi connectivity index (χ3v) is 4.15. The van der Waals surface area contributed by atoms with Gasteiger partial charge in [-0.05, 0) is 42.7 Å². The van der Waals surface area contributed by atoms with Gasteiger partial charge in [-0.15, -0.1) is 0 Å². The summed E-state index contributed by atoms with van der Waals surface area (Å²) in [6.45, 7) is 3.52. The second-order valence-electron chi connectivity index (χ2n) is 5.97. The van der Waals surface area contributed by atoms with Gasteiger partial charge >= 0.3 is 11.6 Å². The lowest BCUT2D eigenvalue weighted by atomic mass is 10.1. The van der Waals surface area contributed by atoms with Gasteiger partial charge in [0.05, 0.1) is 7.11 Å². The van der Waals surface area contributed by atoms with Crippen molar-refractivity contribution in [3.05, 3.63) is 64.0 Å². The van der Waals surface area contributed by atoms with Gasteiger partial charge in [0, 0.05) is 17.5 Å². The Bertz CT molecular complexity index is 1030. The number of hydrogen-bond donors (Lipinski definition) is 0. The molecule has 0 spiro atoms. The van der Waals surface area contributed by atoms with Crippen molar-refractivity contribution in [2.24, 2.45) is 0 Å². The lowest BCUT2D eigenvalue weighted by molar-refractivity contribution is -0.136. The van der Waals surface area contributed by atoms with E-state index >= 15 is 0 Å². The highest BCUT2D eigenvalue weighted by Crippen LogP contribution is 2.29. The van der Waals surface area contributed by atoms with Crippen molar-refractivity contribution in [2.45, 2.75) is 20.3 Å². The molecule has 0 bridgehead atoms. The number of hydrogen-bond acceptors (Lipinski definition) is 6. The molecule has 3 aromatic rings. The summed E-state index contributed by atoms with van der Waals surface area (Å²) in [6, 6.07) is 11.9. The van der Waals surface area contributed by atoms with Crippen molar-refractivity contribution in [1.82, 2.24) is 0 Å². The van der Waals surface area contributed by atoms with Gasteiger partial charge < -0.3 is 18.6 Å². The molecule has 0 unspecified atom stereocenters. The molecule has 0 atom stereocenters. The molecule has 0 saturated carbocycles. The Labute approximate surface area is 156 Å². The number of ether oxygens (including phenoxy) is 3. The fraction of sp³-hybridized carbons (Fsp3) is 0.238. The fourth-order valence-corrected chi connectivity index (χ4v) is 2.79. The molecular formula is C21H20O6. The van der Waals surface area contributed by atoms with Gasteiger partial charge in [-0.3, -0.25) is 0 Å². The molecule has 2 aromatic carbocycles. The molecule has 0 radical (unpaired) electrons. The molecule has 0 saturated heterocycles. The summed E-state index contributed by atoms with van der Waals surface area (Å²) in [5, 5.41) is 0.816. The van der Waals surface area contributed by atoms with Crippen LogP contribution in [0.4, 0.5) is 0 Å². The van der Waals surface area contributed by atoms with E-state index in [1.165, 1.54) is 13.2 Å². The third kappa shape index (κ3) is 4.11. The Balaban J connectivity index is 1.80. The molecule has 0 amide bonds. The van der Waals surface area contributed by atoms with Crippen LogP contribution in [0.15, 0.2) is 51.7 Å². The third-order valence-electron chi connectivity index (χ3n) is 4.15. The molecule has 0 fully saturated rings. The molecule has 0 N–H and O–H groups in total. The zero-order chi connectivity index (χ0) is 19.4. The number of carbonyl (C=O) groups excluding carboxylic acids is 1. The van der Waals surface area contributed by atoms with Crippen LogP contribution in [0.3, 0.4) is 0 Å². The minimum absolute atomic E-state index is 0.278. The summed E-state index contributed by atoms with van der Waals surface area (Å²) in [7, 11) is 1.53. The fourth-order valence-electron chi connectivity index (χ4n) is 2.79. The largest absolute Gasteiger partial charge is 0.493 e. The van der Waals surface area contributed by atoms with Crippen LogP contribution in [0.5, 0.6) is 17.2 Å². The van der Waals surface area contributed by atoms with E-state index in [-0.39, 0.29) is 6.61 Å². The van der Waals surface area contributed by atoms with Crippen molar-refractivity contribution in [2.75, 3.05) is 13.7 Å². The van der Waals surface area contributed by atoms with Gasteiger partial charge in [-0.1, -0.05) is 19.1 Å². The van der Waals surface area contributed by atoms with E-state index in [0.717, 1.165) is 16.5 Å². The maximum Gasteiger partial charge on any atom is 0.349 e. The molecule has 0 aliphatic rings. The van der Waals surface area contributed by atoms with Crippen molar-refractivity contribution in [3.63, 3.8) is 0 Å². The second-order valence-corrected chi connectivity index (χ2v) is 5.97. The molecule has 0 aliphatic heterocycles. The first-order valence-electron chi connectivity index (χ1n) is 8.55. The maximum absolute atomic E-state index is 12.2. The number of para-hydroxylation sites is 2. The van der Waals surface area contributed by atoms with Gasteiger partial charge in [0.25, 0.3) is 0 Å². The predicted octanol–water partition coefficient (Wildman–Crippen LogP) is 3.66. The van der Waals surface area contributed by atoms with Crippen LogP contribution in [0.25, 0.3) is 11.0 Å². The van der Waals surface area contributed by atoms with Gasteiger partial charge in [0.2, 0.25) is 0 Å². The summed E-state index contributed by atoms with van der Waals surface area (Å²) in [5.41, 5.74) is 1.59. The minimum Gasteiger partial charge on any atom is -0.493 e. The number of fused-ring (bicyclic) bond motifs is 1. The van der Waals surface area contributed by atoms with Gasteiger partial charge in [-0.2, -0.15) is 0 Å². The highest BCUT2D eigenvalue weighted by atomic mass is 16.6. The zero-order valence-electron chi connectivity index (χ0n) is 15.4. The highest BCUT2D eigenvalue weighted by Gasteiger charge is 2.14. The molecule has 1 aromatic heterocycles. The molecule has 6 nitrogen and oxygen atoms in total. The summed E-state index contributed by atoms with van der Waals surface area (Å²) in [4.78, 5) is 23.8. The SMILES string of the molecule is CCc1cc2c(C)cc(=O)oc2cc1OC(=O)COc1ccccc1OC. The standard InChI is InChI=1S/C21H20O6/c1-4-14-10-15-13(2)9-20(22)27-19(15)11-18(14)26-21(23)12-25-17-8-6-5-7-16(17)24-3/h5-11H,4,12H2,1-3H3. The first-order valence-corrected chi connectivity index (χ1v) is 8.55. The normalized spacial score (nSPS) is 10.6. The van der Waals surface area contributed by atoms with E-state index in [4.69, 9.17) is 18.6 Å². The molecule has 1 heterocycles. The number of benzene rings is 2. The smallest absolute Gasteiger partial charge is 0.349 e. The van der Waals surface area contributed by atoms with Crippen LogP contribution in [0, 0.1) is 6.92 Å². The maximum atomic E-state index is 12.2. The predicted molar refractivity (Wildman–Crippen MR) is 101 cm³/mol. The molecule has 27 heavy (non-hydrogen) atoms. The van der Waals surface area contributed by atoms with Crippen molar-refractivity contribution in [1.29, 1.82) is 0 Å². The Morgan fingerprint density at radius 3 is 2.52 bits per heavy atom. The van der Waals surface area contributed by atoms with E-state index < -0.39 is 11.6 Å². The van der Waals surface area contributed by atoms with Gasteiger partial charge in [0.15, 0.2) is 18.1 Å². The average Bonchev–Trinajstić information content (AvgIpc) is 2.66. The first kappa shape index (κ1) is 18.5. The molecule has 3 rings (SSSR count). The Kier molecular flexibility index (Phi) is 5.45.